The fourth-order valence-electron chi connectivity index (χ4n) is 3.11. The number of aryl methyl sites for hydroxylation is 1. The van der Waals surface area contributed by atoms with Gasteiger partial charge in [-0.25, -0.2) is 13.1 Å². The van der Waals surface area contributed by atoms with E-state index in [-0.39, 0.29) is 15.4 Å². The molecule has 2 aromatic carbocycles. The van der Waals surface area contributed by atoms with Crippen molar-refractivity contribution >= 4 is 21.6 Å². The Hall–Kier alpha value is -3.25. The summed E-state index contributed by atoms with van der Waals surface area (Å²) >= 11 is 0. The summed E-state index contributed by atoms with van der Waals surface area (Å²) in [6.07, 6.45) is 3.54. The highest BCUT2D eigenvalue weighted by atomic mass is 32.2. The van der Waals surface area contributed by atoms with E-state index in [0.717, 1.165) is 24.0 Å². The molecule has 0 fully saturated rings. The van der Waals surface area contributed by atoms with Crippen LogP contribution in [0.1, 0.15) is 29.9 Å². The standard InChI is InChI=1S/C18H16N4O4S/c19-12-22(24)20-14-8-10-15(11-9-14)27(25,26)21-18(23)17-7-3-5-13-4-1-2-6-16(13)17/h1-2,4,6,8-11,17H,3,5,7H2,(H,21,23)/b22-20-. The molecule has 1 atom stereocenters. The molecule has 1 unspecified atom stereocenters. The fourth-order valence-corrected chi connectivity index (χ4v) is 4.13. The van der Waals surface area contributed by atoms with E-state index in [0.29, 0.717) is 6.42 Å². The van der Waals surface area contributed by atoms with E-state index in [1.807, 2.05) is 24.3 Å². The Balaban J connectivity index is 1.79. The Labute approximate surface area is 156 Å². The van der Waals surface area contributed by atoms with Crippen LogP contribution in [0.25, 0.3) is 0 Å². The molecule has 9 heteroatoms. The minimum absolute atomic E-state index is 0.123. The number of carbonyl (C=O) groups is 1. The first-order chi connectivity index (χ1) is 12.9. The summed E-state index contributed by atoms with van der Waals surface area (Å²) in [6.45, 7) is 0. The largest absolute Gasteiger partial charge is 0.682 e. The van der Waals surface area contributed by atoms with E-state index < -0.39 is 21.8 Å². The highest BCUT2D eigenvalue weighted by Crippen LogP contribution is 2.32. The summed E-state index contributed by atoms with van der Waals surface area (Å²) < 4.78 is 27.1. The Bertz CT molecular complexity index is 1040. The molecule has 0 radical (unpaired) electrons. The van der Waals surface area contributed by atoms with Crippen molar-refractivity contribution in [2.24, 2.45) is 5.11 Å². The highest BCUT2D eigenvalue weighted by molar-refractivity contribution is 7.90. The third-order valence-electron chi connectivity index (χ3n) is 4.36. The maximum Gasteiger partial charge on any atom is 0.485 e. The number of nitriles is 1. The molecule has 1 aliphatic carbocycles. The summed E-state index contributed by atoms with van der Waals surface area (Å²) in [5, 5.41) is 22.7. The lowest BCUT2D eigenvalue weighted by molar-refractivity contribution is -0.433. The number of amides is 1. The molecule has 0 bridgehead atoms. The Morgan fingerprint density at radius 3 is 2.63 bits per heavy atom. The van der Waals surface area contributed by atoms with Crippen LogP contribution in [0.15, 0.2) is 58.5 Å². The van der Waals surface area contributed by atoms with Crippen molar-refractivity contribution in [3.05, 3.63) is 64.9 Å². The summed E-state index contributed by atoms with van der Waals surface area (Å²) in [6, 6.07) is 12.5. The first kappa shape index (κ1) is 18.5. The minimum Gasteiger partial charge on any atom is -0.682 e. The molecule has 0 aromatic heterocycles. The number of nitrogens with one attached hydrogen (secondary N) is 1. The molecule has 3 rings (SSSR count). The van der Waals surface area contributed by atoms with Gasteiger partial charge in [-0.3, -0.25) is 4.79 Å². The van der Waals surface area contributed by atoms with E-state index >= 15 is 0 Å². The van der Waals surface area contributed by atoms with Gasteiger partial charge in [0, 0.05) is 0 Å². The van der Waals surface area contributed by atoms with Crippen LogP contribution < -0.4 is 4.72 Å². The molecular formula is C18H16N4O4S. The summed E-state index contributed by atoms with van der Waals surface area (Å²) in [4.78, 5) is 12.3. The van der Waals surface area contributed by atoms with Gasteiger partial charge in [-0.05, 0) is 54.7 Å². The van der Waals surface area contributed by atoms with E-state index in [1.165, 1.54) is 30.5 Å². The minimum atomic E-state index is -4.06. The number of hydrogen-bond acceptors (Lipinski definition) is 6. The first-order valence-corrected chi connectivity index (χ1v) is 9.72. The van der Waals surface area contributed by atoms with Crippen LogP contribution in [-0.4, -0.2) is 19.2 Å². The average Bonchev–Trinajstić information content (AvgIpc) is 2.67. The monoisotopic (exact) mass is 384 g/mol. The topological polar surface area (TPSA) is 125 Å². The molecular weight excluding hydrogens is 368 g/mol. The van der Waals surface area contributed by atoms with Gasteiger partial charge in [-0.2, -0.15) is 0 Å². The van der Waals surface area contributed by atoms with Crippen molar-refractivity contribution in [1.82, 2.24) is 4.72 Å². The van der Waals surface area contributed by atoms with Gasteiger partial charge >= 0.3 is 6.19 Å². The second-order valence-corrected chi connectivity index (χ2v) is 7.76. The zero-order valence-electron chi connectivity index (χ0n) is 14.2. The van der Waals surface area contributed by atoms with Crippen molar-refractivity contribution < 1.29 is 18.1 Å². The molecule has 0 saturated heterocycles. The number of nitrogens with zero attached hydrogens (tertiary/aromatic N) is 3. The Kier molecular flexibility index (Phi) is 5.19. The fraction of sp³-hybridized carbons (Fsp3) is 0.222. The van der Waals surface area contributed by atoms with Crippen molar-refractivity contribution in [1.29, 1.82) is 5.26 Å². The Morgan fingerprint density at radius 1 is 1.22 bits per heavy atom. The van der Waals surface area contributed by atoms with Crippen LogP contribution in [0.2, 0.25) is 0 Å². The molecule has 1 N–H and O–H groups in total. The molecule has 0 aliphatic heterocycles. The second kappa shape index (κ2) is 7.55. The molecule has 138 valence electrons. The Morgan fingerprint density at radius 2 is 1.93 bits per heavy atom. The van der Waals surface area contributed by atoms with Crippen LogP contribution in [-0.2, 0) is 21.2 Å². The molecule has 1 aliphatic rings. The third kappa shape index (κ3) is 4.12. The van der Waals surface area contributed by atoms with Crippen LogP contribution in [0.3, 0.4) is 0 Å². The zero-order chi connectivity index (χ0) is 19.4. The molecule has 0 spiro atoms. The van der Waals surface area contributed by atoms with Crippen molar-refractivity contribution in [2.75, 3.05) is 0 Å². The molecule has 0 heterocycles. The second-order valence-electron chi connectivity index (χ2n) is 6.08. The van der Waals surface area contributed by atoms with Gasteiger partial charge in [-0.1, -0.05) is 34.2 Å². The number of fused-ring (bicyclic) bond motifs is 1. The quantitative estimate of drug-likeness (QED) is 0.285. The van der Waals surface area contributed by atoms with Crippen LogP contribution in [0.5, 0.6) is 0 Å². The number of azo groups is 1. The van der Waals surface area contributed by atoms with E-state index in [9.17, 15) is 18.4 Å². The number of benzene rings is 2. The van der Waals surface area contributed by atoms with Gasteiger partial charge in [-0.15, -0.1) is 0 Å². The maximum atomic E-state index is 12.6. The van der Waals surface area contributed by atoms with E-state index in [4.69, 9.17) is 5.26 Å². The summed E-state index contributed by atoms with van der Waals surface area (Å²) in [7, 11) is -4.06. The molecule has 0 saturated carbocycles. The number of hydroxylamine groups is 1. The first-order valence-electron chi connectivity index (χ1n) is 8.24. The molecule has 1 amide bonds. The van der Waals surface area contributed by atoms with Crippen molar-refractivity contribution in [2.45, 2.75) is 30.1 Å². The lowest BCUT2D eigenvalue weighted by Gasteiger charge is -2.24. The molecule has 27 heavy (non-hydrogen) atoms. The van der Waals surface area contributed by atoms with Gasteiger partial charge in [0.2, 0.25) is 5.91 Å². The van der Waals surface area contributed by atoms with Crippen LogP contribution in [0.4, 0.5) is 5.69 Å². The van der Waals surface area contributed by atoms with Crippen LogP contribution >= 0.6 is 0 Å². The molecule has 8 nitrogen and oxygen atoms in total. The van der Waals surface area contributed by atoms with Gasteiger partial charge in [0.15, 0.2) is 5.26 Å². The predicted molar refractivity (Wildman–Crippen MR) is 95.2 cm³/mol. The smallest absolute Gasteiger partial charge is 0.485 e. The zero-order valence-corrected chi connectivity index (χ0v) is 15.0. The number of hydrogen-bond donors (Lipinski definition) is 1. The highest BCUT2D eigenvalue weighted by Gasteiger charge is 2.29. The average molecular weight is 384 g/mol. The maximum absolute atomic E-state index is 12.6. The van der Waals surface area contributed by atoms with Crippen molar-refractivity contribution in [3.63, 3.8) is 0 Å². The number of sulfonamides is 1. The van der Waals surface area contributed by atoms with Gasteiger partial charge in [0.25, 0.3) is 10.0 Å². The lowest BCUT2D eigenvalue weighted by atomic mass is 9.82. The van der Waals surface area contributed by atoms with E-state index in [1.54, 1.807) is 0 Å². The SMILES string of the molecule is N#C/[N+]([O-])=N/c1ccc(S(=O)(=O)NC(=O)C2CCCc3ccccc32)cc1. The van der Waals surface area contributed by atoms with Gasteiger partial charge in [0.1, 0.15) is 5.69 Å². The van der Waals surface area contributed by atoms with Gasteiger partial charge in [0.05, 0.1) is 10.8 Å². The lowest BCUT2D eigenvalue weighted by Crippen LogP contribution is -2.35. The summed E-state index contributed by atoms with van der Waals surface area (Å²) in [5.74, 6) is -1.07. The number of carbonyl (C=O) groups excluding carboxylic acids is 1. The third-order valence-corrected chi connectivity index (χ3v) is 5.72. The summed E-state index contributed by atoms with van der Waals surface area (Å²) in [5.41, 5.74) is 2.04. The van der Waals surface area contributed by atoms with Crippen LogP contribution in [0, 0.1) is 16.7 Å². The van der Waals surface area contributed by atoms with Gasteiger partial charge < -0.3 is 5.21 Å². The van der Waals surface area contributed by atoms with E-state index in [2.05, 4.69) is 9.84 Å². The molecule has 2 aromatic rings. The van der Waals surface area contributed by atoms with Crippen molar-refractivity contribution in [3.8, 4) is 6.19 Å². The normalized spacial score (nSPS) is 16.9. The number of rotatable bonds is 4. The predicted octanol–water partition coefficient (Wildman–Crippen LogP) is 2.69.